The van der Waals surface area contributed by atoms with Crippen molar-refractivity contribution in [2.24, 2.45) is 0 Å². The highest BCUT2D eigenvalue weighted by Crippen LogP contribution is 2.18. The monoisotopic (exact) mass is 283 g/mol. The lowest BCUT2D eigenvalue weighted by atomic mass is 10.1. The van der Waals surface area contributed by atoms with Crippen LogP contribution in [-0.4, -0.2) is 17.4 Å². The van der Waals surface area contributed by atoms with E-state index in [-0.39, 0.29) is 12.3 Å². The zero-order valence-electron chi connectivity index (χ0n) is 11.9. The molecule has 2 N–H and O–H groups in total. The van der Waals surface area contributed by atoms with Gasteiger partial charge in [-0.25, -0.2) is 0 Å². The van der Waals surface area contributed by atoms with Crippen LogP contribution in [0.2, 0.25) is 0 Å². The average molecular weight is 283 g/mol. The third-order valence-electron chi connectivity index (χ3n) is 3.15. The summed E-state index contributed by atoms with van der Waals surface area (Å²) in [5.41, 5.74) is 7.75. The summed E-state index contributed by atoms with van der Waals surface area (Å²) < 4.78 is 5.28. The van der Waals surface area contributed by atoms with Gasteiger partial charge in [0.05, 0.1) is 30.9 Å². The van der Waals surface area contributed by atoms with Crippen molar-refractivity contribution in [1.29, 1.82) is 5.26 Å². The van der Waals surface area contributed by atoms with Crippen molar-refractivity contribution in [3.8, 4) is 6.07 Å². The van der Waals surface area contributed by atoms with E-state index in [1.165, 1.54) is 0 Å². The first-order chi connectivity index (χ1) is 10.1. The number of nitriles is 1. The van der Waals surface area contributed by atoms with Crippen LogP contribution in [0.5, 0.6) is 0 Å². The third-order valence-corrected chi connectivity index (χ3v) is 3.15. The molecular formula is C16H17N3O2. The number of benzene rings is 1. The molecule has 2 aromatic rings. The molecular weight excluding hydrogens is 266 g/mol. The predicted octanol–water partition coefficient (Wildman–Crippen LogP) is 2.73. The number of hydrogen-bond donors (Lipinski definition) is 1. The number of amides is 1. The molecule has 0 atom stereocenters. The number of hydrogen-bond acceptors (Lipinski definition) is 4. The molecule has 0 saturated heterocycles. The van der Waals surface area contributed by atoms with Crippen LogP contribution in [0.25, 0.3) is 0 Å². The maximum Gasteiger partial charge on any atom is 0.256 e. The van der Waals surface area contributed by atoms with Gasteiger partial charge < -0.3 is 15.1 Å². The van der Waals surface area contributed by atoms with E-state index >= 15 is 0 Å². The number of nitrogens with two attached hydrogens (primary N) is 1. The molecule has 5 nitrogen and oxygen atoms in total. The third kappa shape index (κ3) is 3.63. The number of anilines is 1. The van der Waals surface area contributed by atoms with Crippen LogP contribution < -0.4 is 5.73 Å². The fraction of sp³-hybridized carbons (Fsp3) is 0.250. The van der Waals surface area contributed by atoms with E-state index in [2.05, 4.69) is 6.07 Å². The van der Waals surface area contributed by atoms with E-state index in [1.807, 2.05) is 13.0 Å². The largest absolute Gasteiger partial charge is 0.467 e. The summed E-state index contributed by atoms with van der Waals surface area (Å²) in [6.45, 7) is 2.56. The number of rotatable bonds is 5. The van der Waals surface area contributed by atoms with Crippen LogP contribution >= 0.6 is 0 Å². The van der Waals surface area contributed by atoms with Crippen molar-refractivity contribution in [3.05, 3.63) is 53.5 Å². The Bertz CT molecular complexity index is 657. The first-order valence-electron chi connectivity index (χ1n) is 6.66. The number of nitrogens with zero attached hydrogens (tertiary/aromatic N) is 2. The molecule has 5 heteroatoms. The smallest absolute Gasteiger partial charge is 0.256 e. The van der Waals surface area contributed by atoms with Crippen molar-refractivity contribution in [2.75, 3.05) is 12.3 Å². The predicted molar refractivity (Wildman–Crippen MR) is 79.3 cm³/mol. The van der Waals surface area contributed by atoms with Gasteiger partial charge in [0.15, 0.2) is 0 Å². The molecule has 0 bridgehead atoms. The molecule has 1 aromatic carbocycles. The molecule has 21 heavy (non-hydrogen) atoms. The fourth-order valence-corrected chi connectivity index (χ4v) is 2.05. The molecule has 0 unspecified atom stereocenters. The minimum atomic E-state index is -0.192. The lowest BCUT2D eigenvalue weighted by Gasteiger charge is -2.21. The van der Waals surface area contributed by atoms with E-state index in [0.29, 0.717) is 30.1 Å². The van der Waals surface area contributed by atoms with Crippen LogP contribution in [0.1, 0.15) is 28.1 Å². The molecule has 1 amide bonds. The Labute approximate surface area is 123 Å². The minimum absolute atomic E-state index is 0.192. The lowest BCUT2D eigenvalue weighted by Crippen LogP contribution is -2.32. The van der Waals surface area contributed by atoms with Crippen molar-refractivity contribution < 1.29 is 9.21 Å². The van der Waals surface area contributed by atoms with Crippen LogP contribution in [0.3, 0.4) is 0 Å². The highest BCUT2D eigenvalue weighted by Gasteiger charge is 2.19. The van der Waals surface area contributed by atoms with E-state index in [9.17, 15) is 4.79 Å². The Morgan fingerprint density at radius 3 is 2.90 bits per heavy atom. The normalized spacial score (nSPS) is 10.1. The second kappa shape index (κ2) is 6.62. The van der Waals surface area contributed by atoms with E-state index in [1.54, 1.807) is 35.4 Å². The van der Waals surface area contributed by atoms with Crippen molar-refractivity contribution in [3.63, 3.8) is 0 Å². The van der Waals surface area contributed by atoms with Crippen molar-refractivity contribution in [1.82, 2.24) is 4.90 Å². The average Bonchev–Trinajstić information content (AvgIpc) is 2.98. The maximum absolute atomic E-state index is 12.6. The van der Waals surface area contributed by atoms with Crippen LogP contribution in [0, 0.1) is 18.3 Å². The Hall–Kier alpha value is -2.74. The highest BCUT2D eigenvalue weighted by atomic mass is 16.3. The Morgan fingerprint density at radius 2 is 2.24 bits per heavy atom. The Balaban J connectivity index is 2.24. The van der Waals surface area contributed by atoms with Crippen LogP contribution in [-0.2, 0) is 6.54 Å². The topological polar surface area (TPSA) is 83.3 Å². The molecule has 1 heterocycles. The lowest BCUT2D eigenvalue weighted by molar-refractivity contribution is 0.0736. The molecule has 0 radical (unpaired) electrons. The van der Waals surface area contributed by atoms with Gasteiger partial charge in [-0.2, -0.15) is 5.26 Å². The first kappa shape index (κ1) is 14.7. The van der Waals surface area contributed by atoms with Gasteiger partial charge in [0, 0.05) is 12.2 Å². The van der Waals surface area contributed by atoms with Gasteiger partial charge in [-0.15, -0.1) is 0 Å². The van der Waals surface area contributed by atoms with Gasteiger partial charge in [-0.3, -0.25) is 4.79 Å². The molecule has 1 aromatic heterocycles. The number of carbonyl (C=O) groups is 1. The number of nitrogen functional groups attached to an aromatic ring is 1. The minimum Gasteiger partial charge on any atom is -0.467 e. The van der Waals surface area contributed by atoms with Gasteiger partial charge >= 0.3 is 0 Å². The summed E-state index contributed by atoms with van der Waals surface area (Å²) in [5, 5.41) is 8.76. The highest BCUT2D eigenvalue weighted by molar-refractivity contribution is 5.99. The molecule has 0 aliphatic rings. The molecule has 0 spiro atoms. The van der Waals surface area contributed by atoms with Crippen LogP contribution in [0.15, 0.2) is 41.0 Å². The molecule has 0 aliphatic heterocycles. The zero-order chi connectivity index (χ0) is 15.2. The van der Waals surface area contributed by atoms with Crippen LogP contribution in [0.4, 0.5) is 5.69 Å². The Morgan fingerprint density at radius 1 is 1.43 bits per heavy atom. The molecule has 0 aliphatic carbocycles. The quantitative estimate of drug-likeness (QED) is 0.855. The summed E-state index contributed by atoms with van der Waals surface area (Å²) in [6.07, 6.45) is 1.82. The van der Waals surface area contributed by atoms with Gasteiger partial charge in [-0.05, 0) is 31.2 Å². The molecule has 0 fully saturated rings. The molecule has 108 valence electrons. The van der Waals surface area contributed by atoms with E-state index in [0.717, 1.165) is 5.56 Å². The first-order valence-corrected chi connectivity index (χ1v) is 6.66. The van der Waals surface area contributed by atoms with Crippen molar-refractivity contribution in [2.45, 2.75) is 19.9 Å². The van der Waals surface area contributed by atoms with Gasteiger partial charge in [0.1, 0.15) is 5.76 Å². The molecule has 2 rings (SSSR count). The van der Waals surface area contributed by atoms with Gasteiger partial charge in [0.25, 0.3) is 5.91 Å². The van der Waals surface area contributed by atoms with Gasteiger partial charge in [-0.1, -0.05) is 11.6 Å². The zero-order valence-corrected chi connectivity index (χ0v) is 11.9. The number of carbonyl (C=O) groups excluding carboxylic acids is 1. The van der Waals surface area contributed by atoms with Gasteiger partial charge in [0.2, 0.25) is 0 Å². The second-order valence-corrected chi connectivity index (χ2v) is 4.80. The fourth-order valence-electron chi connectivity index (χ4n) is 2.05. The SMILES string of the molecule is Cc1ccc(N)c(C(=O)N(CCC#N)Cc2ccco2)c1. The van der Waals surface area contributed by atoms with E-state index < -0.39 is 0 Å². The summed E-state index contributed by atoms with van der Waals surface area (Å²) in [7, 11) is 0. The molecule has 0 saturated carbocycles. The number of aryl methyl sites for hydroxylation is 1. The number of furan rings is 1. The standard InChI is InChI=1S/C16H17N3O2/c1-12-5-6-15(18)14(10-12)16(20)19(8-3-7-17)11-13-4-2-9-21-13/h2,4-6,9-10H,3,8,11,18H2,1H3. The summed E-state index contributed by atoms with van der Waals surface area (Å²) in [6, 6.07) is 11.0. The summed E-state index contributed by atoms with van der Waals surface area (Å²) >= 11 is 0. The summed E-state index contributed by atoms with van der Waals surface area (Å²) in [4.78, 5) is 14.2. The Kier molecular flexibility index (Phi) is 4.62. The summed E-state index contributed by atoms with van der Waals surface area (Å²) in [5.74, 6) is 0.482. The van der Waals surface area contributed by atoms with Crippen molar-refractivity contribution >= 4 is 11.6 Å². The second-order valence-electron chi connectivity index (χ2n) is 4.80. The maximum atomic E-state index is 12.6. The van der Waals surface area contributed by atoms with E-state index in [4.69, 9.17) is 15.4 Å².